The highest BCUT2D eigenvalue weighted by molar-refractivity contribution is 6.21. The third kappa shape index (κ3) is 3.58. The Labute approximate surface area is 228 Å². The smallest absolute Gasteiger partial charge is 0.302 e. The van der Waals surface area contributed by atoms with Gasteiger partial charge in [0.15, 0.2) is 11.4 Å². The first-order valence-electron chi connectivity index (χ1n) is 13.3. The van der Waals surface area contributed by atoms with E-state index in [1.54, 1.807) is 6.92 Å². The van der Waals surface area contributed by atoms with Gasteiger partial charge in [-0.2, -0.15) is 0 Å². The number of esters is 1. The highest BCUT2D eigenvalue weighted by Crippen LogP contribution is 2.65. The monoisotopic (exact) mass is 541 g/mol. The van der Waals surface area contributed by atoms with Crippen LogP contribution >= 0.6 is 11.6 Å². The van der Waals surface area contributed by atoms with E-state index in [9.17, 15) is 24.6 Å². The van der Waals surface area contributed by atoms with E-state index in [1.807, 2.05) is 43.3 Å². The van der Waals surface area contributed by atoms with Gasteiger partial charge < -0.3 is 20.3 Å². The molecule has 1 heterocycles. The minimum atomic E-state index is -2.05. The van der Waals surface area contributed by atoms with Gasteiger partial charge in [0.25, 0.3) is 0 Å². The van der Waals surface area contributed by atoms with Crippen molar-refractivity contribution >= 4 is 29.3 Å². The van der Waals surface area contributed by atoms with Gasteiger partial charge in [0.05, 0.1) is 6.10 Å². The number of ether oxygens (including phenoxy) is 1. The summed E-state index contributed by atoms with van der Waals surface area (Å²) < 4.78 is 6.00. The fourth-order valence-corrected chi connectivity index (χ4v) is 8.73. The molecule has 1 amide bonds. The Morgan fingerprint density at radius 2 is 1.89 bits per heavy atom. The third-order valence-corrected chi connectivity index (χ3v) is 10.5. The Hall–Kier alpha value is -2.48. The average Bonchev–Trinajstić information content (AvgIpc) is 3.14. The lowest BCUT2D eigenvalue weighted by atomic mass is 9.45. The van der Waals surface area contributed by atoms with Gasteiger partial charge in [0.1, 0.15) is 11.5 Å². The van der Waals surface area contributed by atoms with Crippen LogP contribution in [0, 0.1) is 35.0 Å². The fourth-order valence-electron chi connectivity index (χ4n) is 8.18. The number of amides is 1. The van der Waals surface area contributed by atoms with E-state index in [0.717, 1.165) is 16.7 Å². The normalized spacial score (nSPS) is 43.8. The lowest BCUT2D eigenvalue weighted by Gasteiger charge is -2.62. The number of alkyl halides is 1. The van der Waals surface area contributed by atoms with Crippen LogP contribution in [0.3, 0.4) is 0 Å². The molecular formula is C30H36ClNO6. The first kappa shape index (κ1) is 27.1. The minimum Gasteiger partial charge on any atom is -0.461 e. The number of hydrogen-bond acceptors (Lipinski definition) is 6. The predicted molar refractivity (Wildman–Crippen MR) is 142 cm³/mol. The number of allylic oxidation sites excluding steroid dienone is 2. The first-order valence-corrected chi connectivity index (χ1v) is 13.8. The van der Waals surface area contributed by atoms with Gasteiger partial charge in [-0.05, 0) is 49.7 Å². The van der Waals surface area contributed by atoms with Gasteiger partial charge in [-0.25, -0.2) is 0 Å². The molecule has 0 radical (unpaired) electrons. The maximum atomic E-state index is 14.3. The summed E-state index contributed by atoms with van der Waals surface area (Å²) in [6.07, 6.45) is 0.144. The molecule has 5 rings (SSSR count). The molecule has 8 heteroatoms. The van der Waals surface area contributed by atoms with Gasteiger partial charge in [-0.1, -0.05) is 55.5 Å². The Morgan fingerprint density at radius 1 is 1.24 bits per heavy atom. The summed E-state index contributed by atoms with van der Waals surface area (Å²) in [6.45, 7) is 10.6. The van der Waals surface area contributed by atoms with E-state index < -0.39 is 69.9 Å². The predicted octanol–water partition coefficient (Wildman–Crippen LogP) is 2.97. The van der Waals surface area contributed by atoms with E-state index in [1.165, 1.54) is 13.8 Å². The highest BCUT2D eigenvalue weighted by Gasteiger charge is 2.75. The van der Waals surface area contributed by atoms with Gasteiger partial charge in [0, 0.05) is 36.1 Å². The molecule has 0 bridgehead atoms. The Kier molecular flexibility index (Phi) is 6.64. The van der Waals surface area contributed by atoms with Crippen molar-refractivity contribution < 1.29 is 29.3 Å². The minimum absolute atomic E-state index is 0.314. The topological polar surface area (TPSA) is 113 Å². The second-order valence-electron chi connectivity index (χ2n) is 11.8. The molecule has 38 heavy (non-hydrogen) atoms. The summed E-state index contributed by atoms with van der Waals surface area (Å²) >= 11 is 7.24. The first-order chi connectivity index (χ1) is 17.9. The van der Waals surface area contributed by atoms with Crippen molar-refractivity contribution in [1.82, 2.24) is 5.32 Å². The number of Topliss-reactive ketones (excluding diaryl/α,β-unsaturated/α-hetero) is 1. The Morgan fingerprint density at radius 3 is 2.50 bits per heavy atom. The lowest BCUT2D eigenvalue weighted by Crippen LogP contribution is -2.73. The summed E-state index contributed by atoms with van der Waals surface area (Å²) in [5.41, 5.74) is -0.690. The SMILES string of the molecule is C=C1C(C)=C[C@@H]2[C@@H](Cl)[C@@H]3C[C@H](C)[C@@](O)(C(C)=O)[C@H](O)[C@H]3[C@@H](OC(C)=O)[C@]23C(=O)N[C@@H](Cc2ccccc2)[C@H]13. The molecule has 3 N–H and O–H groups in total. The zero-order valence-corrected chi connectivity index (χ0v) is 22.9. The van der Waals surface area contributed by atoms with Gasteiger partial charge >= 0.3 is 5.97 Å². The summed E-state index contributed by atoms with van der Waals surface area (Å²) in [7, 11) is 0. The molecule has 4 aliphatic rings. The Bertz CT molecular complexity index is 1210. The van der Waals surface area contributed by atoms with Crippen LogP contribution in [-0.4, -0.2) is 57.1 Å². The highest BCUT2D eigenvalue weighted by atomic mass is 35.5. The molecule has 11 atom stereocenters. The maximum Gasteiger partial charge on any atom is 0.302 e. The molecule has 3 aliphatic carbocycles. The molecule has 3 fully saturated rings. The van der Waals surface area contributed by atoms with Crippen molar-refractivity contribution in [1.29, 1.82) is 0 Å². The van der Waals surface area contributed by atoms with Gasteiger partial charge in [-0.15, -0.1) is 11.6 Å². The standard InChI is InChI=1S/C30H36ClNO6/c1-14-11-21-25(31)20-12-15(2)30(37,17(4)33)26(35)23(20)27(38-18(5)34)29(21)24(16(14)3)22(32-28(29)36)13-19-9-7-6-8-10-19/h6-11,15,20-27,35,37H,3,12-13H2,1-2,4-5H3,(H,32,36)/t15-,20+,21+,22-,23-,24-,25-,26+,27+,29-,30+/m0/s1. The molecule has 0 unspecified atom stereocenters. The zero-order valence-electron chi connectivity index (χ0n) is 22.2. The molecule has 0 aromatic heterocycles. The van der Waals surface area contributed by atoms with Crippen molar-refractivity contribution in [3.8, 4) is 0 Å². The number of benzene rings is 1. The number of fused-ring (bicyclic) bond motifs is 1. The molecule has 1 aliphatic heterocycles. The van der Waals surface area contributed by atoms with Crippen molar-refractivity contribution in [2.45, 2.75) is 69.8 Å². The fraction of sp³-hybridized carbons (Fsp3) is 0.567. The van der Waals surface area contributed by atoms with Crippen LogP contribution in [0.2, 0.25) is 0 Å². The van der Waals surface area contributed by atoms with Crippen LogP contribution in [0.15, 0.2) is 54.1 Å². The molecule has 7 nitrogen and oxygen atoms in total. The lowest BCUT2D eigenvalue weighted by molar-refractivity contribution is -0.232. The van der Waals surface area contributed by atoms with Gasteiger partial charge in [0.2, 0.25) is 5.91 Å². The molecular weight excluding hydrogens is 506 g/mol. The number of nitrogens with one attached hydrogen (secondary N) is 1. The van der Waals surface area contributed by atoms with Crippen LogP contribution < -0.4 is 5.32 Å². The zero-order chi connectivity index (χ0) is 27.7. The van der Waals surface area contributed by atoms with E-state index in [4.69, 9.17) is 16.3 Å². The van der Waals surface area contributed by atoms with Crippen molar-refractivity contribution in [3.05, 3.63) is 59.7 Å². The van der Waals surface area contributed by atoms with Crippen molar-refractivity contribution in [3.63, 3.8) is 0 Å². The van der Waals surface area contributed by atoms with Gasteiger partial charge in [-0.3, -0.25) is 14.4 Å². The molecule has 1 aromatic carbocycles. The molecule has 2 saturated carbocycles. The molecule has 1 aromatic rings. The van der Waals surface area contributed by atoms with Crippen molar-refractivity contribution in [2.75, 3.05) is 0 Å². The number of carbonyl (C=O) groups is 3. The van der Waals surface area contributed by atoms with Crippen LogP contribution in [-0.2, 0) is 25.5 Å². The summed E-state index contributed by atoms with van der Waals surface area (Å²) in [5.74, 6) is -4.38. The number of aliphatic hydroxyl groups excluding tert-OH is 1. The number of rotatable bonds is 4. The van der Waals surface area contributed by atoms with E-state index in [-0.39, 0.29) is 11.9 Å². The number of halogens is 1. The second-order valence-corrected chi connectivity index (χ2v) is 12.3. The molecule has 204 valence electrons. The van der Waals surface area contributed by atoms with E-state index in [2.05, 4.69) is 11.9 Å². The van der Waals surface area contributed by atoms with Crippen LogP contribution in [0.1, 0.15) is 39.7 Å². The van der Waals surface area contributed by atoms with Crippen molar-refractivity contribution in [2.24, 2.45) is 35.0 Å². The average molecular weight is 542 g/mol. The number of ketones is 1. The summed E-state index contributed by atoms with van der Waals surface area (Å²) in [6, 6.07) is 9.44. The number of hydrogen-bond donors (Lipinski definition) is 3. The van der Waals surface area contributed by atoms with Crippen LogP contribution in [0.4, 0.5) is 0 Å². The summed E-state index contributed by atoms with van der Waals surface area (Å²) in [5, 5.41) is 25.8. The van der Waals surface area contributed by atoms with Crippen LogP contribution in [0.5, 0.6) is 0 Å². The summed E-state index contributed by atoms with van der Waals surface area (Å²) in [4.78, 5) is 39.5. The molecule has 1 saturated heterocycles. The number of aliphatic hydroxyl groups is 2. The third-order valence-electron chi connectivity index (χ3n) is 9.90. The number of carbonyl (C=O) groups excluding carboxylic acids is 3. The maximum absolute atomic E-state index is 14.3. The second kappa shape index (κ2) is 9.32. The van der Waals surface area contributed by atoms with E-state index >= 15 is 0 Å². The quantitative estimate of drug-likeness (QED) is 0.399. The van der Waals surface area contributed by atoms with E-state index in [0.29, 0.717) is 12.8 Å². The largest absolute Gasteiger partial charge is 0.461 e. The molecule has 1 spiro atoms. The Balaban J connectivity index is 1.71. The van der Waals surface area contributed by atoms with Crippen LogP contribution in [0.25, 0.3) is 0 Å².